The van der Waals surface area contributed by atoms with Gasteiger partial charge >= 0.3 is 5.63 Å². The number of hydrogen-bond acceptors (Lipinski definition) is 5. The van der Waals surface area contributed by atoms with Crippen molar-refractivity contribution in [1.29, 1.82) is 0 Å². The summed E-state index contributed by atoms with van der Waals surface area (Å²) in [5.74, 6) is 0. The first-order valence-electron chi connectivity index (χ1n) is 6.23. The van der Waals surface area contributed by atoms with Gasteiger partial charge in [-0.25, -0.2) is 18.4 Å². The molecule has 0 saturated heterocycles. The second-order valence-electron chi connectivity index (χ2n) is 4.41. The van der Waals surface area contributed by atoms with Gasteiger partial charge < -0.3 is 10.2 Å². The molecule has 0 spiro atoms. The second kappa shape index (κ2) is 6.42. The van der Waals surface area contributed by atoms with Crippen LogP contribution in [0.3, 0.4) is 0 Å². The number of nitrogen functional groups attached to an aromatic ring is 1. The van der Waals surface area contributed by atoms with Gasteiger partial charge in [0.2, 0.25) is 10.0 Å². The smallest absolute Gasteiger partial charge is 0.336 e. The average Bonchev–Trinajstić information content (AvgIpc) is 2.47. The van der Waals surface area contributed by atoms with Crippen molar-refractivity contribution in [1.82, 2.24) is 0 Å². The molecule has 4 N–H and O–H groups in total. The van der Waals surface area contributed by atoms with E-state index in [-0.39, 0.29) is 10.5 Å². The van der Waals surface area contributed by atoms with E-state index in [9.17, 15) is 13.2 Å². The zero-order chi connectivity index (χ0) is 16.2. The van der Waals surface area contributed by atoms with Crippen LogP contribution in [0.2, 0.25) is 0 Å². The van der Waals surface area contributed by atoms with E-state index in [4.69, 9.17) is 15.3 Å². The number of para-hydroxylation sites is 1. The van der Waals surface area contributed by atoms with E-state index in [2.05, 4.69) is 0 Å². The molecule has 0 radical (unpaired) electrons. The Labute approximate surface area is 127 Å². The van der Waals surface area contributed by atoms with Gasteiger partial charge in [0.25, 0.3) is 0 Å². The van der Waals surface area contributed by atoms with Crippen molar-refractivity contribution in [3.8, 4) is 0 Å². The standard InChI is InChI=1S/C9H6O2.C6H8N2O2S/c10-9-6-5-7-3-1-2-4-8(7)11-9;7-5-1-3-6(4-2-5)11(8,9)10/h1-6H;1-4H,7H2,(H2,8,9,10). The van der Waals surface area contributed by atoms with Crippen LogP contribution in [0, 0.1) is 0 Å². The first-order valence-corrected chi connectivity index (χ1v) is 7.78. The molecule has 6 nitrogen and oxygen atoms in total. The molecule has 0 atom stereocenters. The van der Waals surface area contributed by atoms with Crippen LogP contribution < -0.4 is 16.5 Å². The summed E-state index contributed by atoms with van der Waals surface area (Å²) in [4.78, 5) is 10.8. The highest BCUT2D eigenvalue weighted by Crippen LogP contribution is 2.09. The molecule has 1 heterocycles. The highest BCUT2D eigenvalue weighted by atomic mass is 32.2. The maximum absolute atomic E-state index is 10.7. The van der Waals surface area contributed by atoms with Gasteiger partial charge in [0, 0.05) is 17.1 Å². The predicted molar refractivity (Wildman–Crippen MR) is 84.7 cm³/mol. The van der Waals surface area contributed by atoms with Crippen LogP contribution in [0.1, 0.15) is 0 Å². The number of primary sulfonamides is 1. The molecule has 2 aromatic carbocycles. The summed E-state index contributed by atoms with van der Waals surface area (Å²) in [6.07, 6.45) is 0. The van der Waals surface area contributed by atoms with Gasteiger partial charge in [-0.3, -0.25) is 0 Å². The summed E-state index contributed by atoms with van der Waals surface area (Å²) >= 11 is 0. The highest BCUT2D eigenvalue weighted by Gasteiger charge is 2.05. The third-order valence-corrected chi connectivity index (χ3v) is 3.67. The summed E-state index contributed by atoms with van der Waals surface area (Å²) in [6.45, 7) is 0. The first kappa shape index (κ1) is 15.7. The SMILES string of the molecule is Nc1ccc(S(N)(=O)=O)cc1.O=c1ccc2ccccc2o1. The molecule has 0 aliphatic carbocycles. The Morgan fingerprint density at radius 2 is 1.50 bits per heavy atom. The lowest BCUT2D eigenvalue weighted by atomic mass is 10.2. The fraction of sp³-hybridized carbons (Fsp3) is 0. The van der Waals surface area contributed by atoms with Crippen LogP contribution in [0.25, 0.3) is 11.0 Å². The molecule has 0 aliphatic rings. The molecular weight excluding hydrogens is 304 g/mol. The Kier molecular flexibility index (Phi) is 4.59. The third-order valence-electron chi connectivity index (χ3n) is 2.74. The molecule has 0 fully saturated rings. The monoisotopic (exact) mass is 318 g/mol. The van der Waals surface area contributed by atoms with Gasteiger partial charge in [-0.05, 0) is 36.4 Å². The van der Waals surface area contributed by atoms with Gasteiger partial charge in [0.05, 0.1) is 4.90 Å². The largest absolute Gasteiger partial charge is 0.423 e. The van der Waals surface area contributed by atoms with Crippen molar-refractivity contribution in [3.63, 3.8) is 0 Å². The van der Waals surface area contributed by atoms with E-state index in [1.807, 2.05) is 18.2 Å². The molecule has 114 valence electrons. The number of hydrogen-bond donors (Lipinski definition) is 2. The van der Waals surface area contributed by atoms with Crippen molar-refractivity contribution < 1.29 is 12.8 Å². The van der Waals surface area contributed by atoms with Crippen LogP contribution >= 0.6 is 0 Å². The number of benzene rings is 2. The summed E-state index contributed by atoms with van der Waals surface area (Å²) in [5.41, 5.74) is 6.18. The van der Waals surface area contributed by atoms with Gasteiger partial charge in [0.1, 0.15) is 5.58 Å². The molecule has 0 unspecified atom stereocenters. The Hall–Kier alpha value is -2.64. The van der Waals surface area contributed by atoms with Crippen molar-refractivity contribution in [2.24, 2.45) is 5.14 Å². The zero-order valence-electron chi connectivity index (χ0n) is 11.5. The lowest BCUT2D eigenvalue weighted by Crippen LogP contribution is -2.11. The molecular formula is C15H14N2O4S. The van der Waals surface area contributed by atoms with Crippen LogP contribution in [0.4, 0.5) is 5.69 Å². The van der Waals surface area contributed by atoms with Gasteiger partial charge in [-0.1, -0.05) is 18.2 Å². The topological polar surface area (TPSA) is 116 Å². The fourth-order valence-electron chi connectivity index (χ4n) is 1.67. The lowest BCUT2D eigenvalue weighted by Gasteiger charge is -1.96. The molecule has 3 aromatic rings. The van der Waals surface area contributed by atoms with E-state index in [1.165, 1.54) is 30.3 Å². The first-order chi connectivity index (χ1) is 10.4. The Morgan fingerprint density at radius 3 is 2.14 bits per heavy atom. The highest BCUT2D eigenvalue weighted by molar-refractivity contribution is 7.89. The number of sulfonamides is 1. The molecule has 0 aliphatic heterocycles. The van der Waals surface area contributed by atoms with E-state index in [1.54, 1.807) is 12.1 Å². The van der Waals surface area contributed by atoms with E-state index in [0.29, 0.717) is 11.3 Å². The predicted octanol–water partition coefficient (Wildman–Crippen LogP) is 1.71. The minimum absolute atomic E-state index is 0.0756. The van der Waals surface area contributed by atoms with E-state index >= 15 is 0 Å². The normalized spacial score (nSPS) is 10.8. The maximum Gasteiger partial charge on any atom is 0.336 e. The summed E-state index contributed by atoms with van der Waals surface area (Å²) < 4.78 is 26.3. The van der Waals surface area contributed by atoms with Crippen LogP contribution in [0.15, 0.2) is 74.8 Å². The molecule has 0 amide bonds. The summed E-state index contributed by atoms with van der Waals surface area (Å²) in [6, 6.07) is 16.3. The van der Waals surface area contributed by atoms with Crippen molar-refractivity contribution >= 4 is 26.7 Å². The van der Waals surface area contributed by atoms with E-state index in [0.717, 1.165) is 5.39 Å². The lowest BCUT2D eigenvalue weighted by molar-refractivity contribution is 0.561. The minimum atomic E-state index is -3.58. The Bertz CT molecular complexity index is 931. The summed E-state index contributed by atoms with van der Waals surface area (Å²) in [7, 11) is -3.58. The van der Waals surface area contributed by atoms with Gasteiger partial charge in [-0.2, -0.15) is 0 Å². The van der Waals surface area contributed by atoms with Crippen molar-refractivity contribution in [2.45, 2.75) is 4.90 Å². The number of rotatable bonds is 1. The second-order valence-corrected chi connectivity index (χ2v) is 5.97. The Balaban J connectivity index is 0.000000160. The number of anilines is 1. The molecule has 7 heteroatoms. The summed E-state index contributed by atoms with van der Waals surface area (Å²) in [5, 5.41) is 5.79. The van der Waals surface area contributed by atoms with Gasteiger partial charge in [-0.15, -0.1) is 0 Å². The van der Waals surface area contributed by atoms with Crippen LogP contribution in [-0.4, -0.2) is 8.42 Å². The molecule has 0 saturated carbocycles. The molecule has 3 rings (SSSR count). The van der Waals surface area contributed by atoms with Crippen molar-refractivity contribution in [2.75, 3.05) is 5.73 Å². The maximum atomic E-state index is 10.7. The molecule has 0 bridgehead atoms. The Morgan fingerprint density at radius 1 is 0.864 bits per heavy atom. The number of nitrogens with two attached hydrogens (primary N) is 2. The zero-order valence-corrected chi connectivity index (χ0v) is 12.3. The van der Waals surface area contributed by atoms with Crippen LogP contribution in [-0.2, 0) is 10.0 Å². The van der Waals surface area contributed by atoms with Crippen LogP contribution in [0.5, 0.6) is 0 Å². The third kappa shape index (κ3) is 4.18. The fourth-order valence-corrected chi connectivity index (χ4v) is 2.18. The van der Waals surface area contributed by atoms with Crippen molar-refractivity contribution in [3.05, 3.63) is 71.1 Å². The number of fused-ring (bicyclic) bond motifs is 1. The molecule has 22 heavy (non-hydrogen) atoms. The minimum Gasteiger partial charge on any atom is -0.423 e. The average molecular weight is 318 g/mol. The quantitative estimate of drug-likeness (QED) is 0.523. The molecule has 1 aromatic heterocycles. The van der Waals surface area contributed by atoms with E-state index < -0.39 is 10.0 Å². The van der Waals surface area contributed by atoms with Gasteiger partial charge in [0.15, 0.2) is 0 Å².